The zero-order valence-electron chi connectivity index (χ0n) is 9.92. The van der Waals surface area contributed by atoms with Crippen molar-refractivity contribution in [3.05, 3.63) is 15.6 Å². The third kappa shape index (κ3) is 3.22. The topological polar surface area (TPSA) is 12.9 Å². The van der Waals surface area contributed by atoms with E-state index in [1.165, 1.54) is 34.8 Å². The molecule has 0 amide bonds. The zero-order chi connectivity index (χ0) is 11.3. The van der Waals surface area contributed by atoms with Gasteiger partial charge in [-0.25, -0.2) is 4.98 Å². The van der Waals surface area contributed by atoms with Crippen LogP contribution in [0.1, 0.15) is 61.5 Å². The van der Waals surface area contributed by atoms with E-state index >= 15 is 0 Å². The number of hydrogen-bond acceptors (Lipinski definition) is 3. The average Bonchev–Trinajstić information content (AvgIpc) is 2.64. The largest absolute Gasteiger partial charge is 0.246 e. The summed E-state index contributed by atoms with van der Waals surface area (Å²) in [4.78, 5) is 6.16. The first-order valence-electron chi connectivity index (χ1n) is 5.86. The quantitative estimate of drug-likeness (QED) is 0.729. The molecule has 0 N–H and O–H groups in total. The van der Waals surface area contributed by atoms with E-state index in [1.54, 1.807) is 0 Å². The molecule has 86 valence electrons. The Morgan fingerprint density at radius 3 is 2.40 bits per heavy atom. The van der Waals surface area contributed by atoms with Crippen molar-refractivity contribution < 1.29 is 0 Å². The standard InChI is InChI=1S/C12H21NS2/c1-4-7-10-11(8-14)15-12(13-10)9(5-2)6-3/h9,14H,4-8H2,1-3H3. The van der Waals surface area contributed by atoms with E-state index < -0.39 is 0 Å². The van der Waals surface area contributed by atoms with Crippen LogP contribution in [0.5, 0.6) is 0 Å². The minimum atomic E-state index is 0.652. The van der Waals surface area contributed by atoms with Gasteiger partial charge in [-0.2, -0.15) is 12.6 Å². The van der Waals surface area contributed by atoms with Crippen molar-refractivity contribution in [2.75, 3.05) is 0 Å². The van der Waals surface area contributed by atoms with Gasteiger partial charge in [-0.05, 0) is 19.3 Å². The van der Waals surface area contributed by atoms with E-state index in [0.717, 1.165) is 12.2 Å². The highest BCUT2D eigenvalue weighted by Crippen LogP contribution is 2.30. The molecular formula is C12H21NS2. The predicted molar refractivity (Wildman–Crippen MR) is 72.1 cm³/mol. The molecule has 1 aromatic heterocycles. The lowest BCUT2D eigenvalue weighted by Crippen LogP contribution is -1.95. The molecule has 0 fully saturated rings. The van der Waals surface area contributed by atoms with E-state index in [4.69, 9.17) is 4.98 Å². The summed E-state index contributed by atoms with van der Waals surface area (Å²) in [6, 6.07) is 0. The molecule has 0 saturated heterocycles. The summed E-state index contributed by atoms with van der Waals surface area (Å²) in [5.74, 6) is 1.49. The summed E-state index contributed by atoms with van der Waals surface area (Å²) in [5.41, 5.74) is 1.29. The first-order valence-corrected chi connectivity index (χ1v) is 7.30. The molecule has 15 heavy (non-hydrogen) atoms. The van der Waals surface area contributed by atoms with Gasteiger partial charge in [-0.3, -0.25) is 0 Å². The fraction of sp³-hybridized carbons (Fsp3) is 0.750. The van der Waals surface area contributed by atoms with Crippen LogP contribution in [0, 0.1) is 0 Å². The van der Waals surface area contributed by atoms with E-state index in [0.29, 0.717) is 5.92 Å². The molecule has 0 aliphatic carbocycles. The fourth-order valence-corrected chi connectivity index (χ4v) is 3.39. The maximum atomic E-state index is 4.78. The molecule has 0 unspecified atom stereocenters. The van der Waals surface area contributed by atoms with Crippen LogP contribution in [-0.2, 0) is 12.2 Å². The van der Waals surface area contributed by atoms with E-state index in [-0.39, 0.29) is 0 Å². The van der Waals surface area contributed by atoms with Gasteiger partial charge in [0.15, 0.2) is 0 Å². The third-order valence-electron chi connectivity index (χ3n) is 2.76. The Hall–Kier alpha value is -0.0200. The Bertz CT molecular complexity index is 290. The maximum absolute atomic E-state index is 4.78. The lowest BCUT2D eigenvalue weighted by molar-refractivity contribution is 0.634. The van der Waals surface area contributed by atoms with Crippen molar-refractivity contribution in [1.29, 1.82) is 0 Å². The normalized spacial score (nSPS) is 11.3. The molecule has 0 aromatic carbocycles. The van der Waals surface area contributed by atoms with Crippen LogP contribution in [0.25, 0.3) is 0 Å². The number of rotatable bonds is 6. The van der Waals surface area contributed by atoms with Gasteiger partial charge in [0.1, 0.15) is 0 Å². The van der Waals surface area contributed by atoms with Gasteiger partial charge in [-0.1, -0.05) is 27.2 Å². The van der Waals surface area contributed by atoms with Crippen molar-refractivity contribution >= 4 is 24.0 Å². The second-order valence-corrected chi connectivity index (χ2v) is 5.27. The molecule has 0 bridgehead atoms. The summed E-state index contributed by atoms with van der Waals surface area (Å²) in [7, 11) is 0. The number of thiazole rings is 1. The molecule has 3 heteroatoms. The SMILES string of the molecule is CCCc1nc(C(CC)CC)sc1CS. The van der Waals surface area contributed by atoms with Crippen LogP contribution in [0.2, 0.25) is 0 Å². The van der Waals surface area contributed by atoms with Gasteiger partial charge in [-0.15, -0.1) is 11.3 Å². The van der Waals surface area contributed by atoms with E-state index in [1.807, 2.05) is 11.3 Å². The Labute approximate surface area is 103 Å². The van der Waals surface area contributed by atoms with Crippen LogP contribution >= 0.6 is 24.0 Å². The van der Waals surface area contributed by atoms with Crippen LogP contribution in [0.15, 0.2) is 0 Å². The lowest BCUT2D eigenvalue weighted by Gasteiger charge is -2.06. The summed E-state index contributed by atoms with van der Waals surface area (Å²) in [6.07, 6.45) is 4.67. The summed E-state index contributed by atoms with van der Waals surface area (Å²) < 4.78 is 0. The number of thiol groups is 1. The van der Waals surface area contributed by atoms with E-state index in [2.05, 4.69) is 33.4 Å². The maximum Gasteiger partial charge on any atom is 0.0962 e. The smallest absolute Gasteiger partial charge is 0.0962 e. The summed E-state index contributed by atoms with van der Waals surface area (Å²) in [6.45, 7) is 6.70. The molecule has 0 aliphatic heterocycles. The number of aromatic nitrogens is 1. The van der Waals surface area contributed by atoms with Crippen LogP contribution < -0.4 is 0 Å². The second kappa shape index (κ2) is 6.54. The van der Waals surface area contributed by atoms with Crippen molar-refractivity contribution in [3.8, 4) is 0 Å². The van der Waals surface area contributed by atoms with Gasteiger partial charge in [0.25, 0.3) is 0 Å². The van der Waals surface area contributed by atoms with Gasteiger partial charge < -0.3 is 0 Å². The Balaban J connectivity index is 2.90. The molecule has 0 atom stereocenters. The van der Waals surface area contributed by atoms with Gasteiger partial charge >= 0.3 is 0 Å². The Morgan fingerprint density at radius 2 is 1.93 bits per heavy atom. The third-order valence-corrected chi connectivity index (χ3v) is 4.55. The van der Waals surface area contributed by atoms with Crippen molar-refractivity contribution in [3.63, 3.8) is 0 Å². The van der Waals surface area contributed by atoms with Crippen LogP contribution in [0.3, 0.4) is 0 Å². The lowest BCUT2D eigenvalue weighted by atomic mass is 10.1. The number of nitrogens with zero attached hydrogens (tertiary/aromatic N) is 1. The van der Waals surface area contributed by atoms with Gasteiger partial charge in [0.05, 0.1) is 10.7 Å². The second-order valence-electron chi connectivity index (χ2n) is 3.84. The molecule has 1 nitrogen and oxygen atoms in total. The van der Waals surface area contributed by atoms with E-state index in [9.17, 15) is 0 Å². The highest BCUT2D eigenvalue weighted by molar-refractivity contribution is 7.79. The highest BCUT2D eigenvalue weighted by atomic mass is 32.1. The first kappa shape index (κ1) is 13.0. The van der Waals surface area contributed by atoms with Crippen molar-refractivity contribution in [2.45, 2.75) is 58.1 Å². The van der Waals surface area contributed by atoms with Crippen LogP contribution in [0.4, 0.5) is 0 Å². The summed E-state index contributed by atoms with van der Waals surface area (Å²) >= 11 is 6.25. The molecule has 1 rings (SSSR count). The molecule has 0 radical (unpaired) electrons. The summed E-state index contributed by atoms with van der Waals surface area (Å²) in [5, 5.41) is 1.33. The molecule has 0 saturated carbocycles. The van der Waals surface area contributed by atoms with Crippen molar-refractivity contribution in [1.82, 2.24) is 4.98 Å². The predicted octanol–water partition coefficient (Wildman–Crippen LogP) is 4.43. The zero-order valence-corrected chi connectivity index (χ0v) is 11.6. The number of hydrogen-bond donors (Lipinski definition) is 1. The molecule has 0 spiro atoms. The van der Waals surface area contributed by atoms with Gasteiger partial charge in [0.2, 0.25) is 0 Å². The minimum absolute atomic E-state index is 0.652. The minimum Gasteiger partial charge on any atom is -0.246 e. The highest BCUT2D eigenvalue weighted by Gasteiger charge is 2.15. The Morgan fingerprint density at radius 1 is 1.27 bits per heavy atom. The average molecular weight is 243 g/mol. The fourth-order valence-electron chi connectivity index (χ4n) is 1.77. The first-order chi connectivity index (χ1) is 7.26. The molecule has 0 aliphatic rings. The van der Waals surface area contributed by atoms with Crippen LogP contribution in [-0.4, -0.2) is 4.98 Å². The Kier molecular flexibility index (Phi) is 5.69. The molecule has 1 heterocycles. The molecular weight excluding hydrogens is 222 g/mol. The number of aryl methyl sites for hydroxylation is 1. The van der Waals surface area contributed by atoms with Crippen molar-refractivity contribution in [2.24, 2.45) is 0 Å². The molecule has 1 aromatic rings. The van der Waals surface area contributed by atoms with Gasteiger partial charge in [0, 0.05) is 16.5 Å². The monoisotopic (exact) mass is 243 g/mol.